The van der Waals surface area contributed by atoms with Crippen LogP contribution in [-0.2, 0) is 0 Å². The van der Waals surface area contributed by atoms with Gasteiger partial charge in [-0.05, 0) is 30.7 Å². The lowest BCUT2D eigenvalue weighted by Crippen LogP contribution is -2.35. The molecular weight excluding hydrogens is 324 g/mol. The number of nitrogens with one attached hydrogen (secondary N) is 1. The number of pyridine rings is 1. The number of rotatable bonds is 4. The molecule has 0 spiro atoms. The highest BCUT2D eigenvalue weighted by Crippen LogP contribution is 2.20. The van der Waals surface area contributed by atoms with Gasteiger partial charge in [-0.2, -0.15) is 0 Å². The maximum Gasteiger partial charge on any atom is 0.270 e. The van der Waals surface area contributed by atoms with E-state index >= 15 is 0 Å². The molecule has 5 heteroatoms. The predicted octanol–water partition coefficient (Wildman–Crippen LogP) is 3.74. The molecule has 0 fully saturated rings. The molecule has 24 heavy (non-hydrogen) atoms. The van der Waals surface area contributed by atoms with E-state index in [0.29, 0.717) is 10.5 Å². The zero-order valence-electron chi connectivity index (χ0n) is 13.1. The number of fused-ring (bicyclic) bond motifs is 1. The number of carbonyl (C=O) groups excluding carboxylic acids is 1. The van der Waals surface area contributed by atoms with Crippen LogP contribution in [0, 0.1) is 0 Å². The third-order valence-corrected chi connectivity index (χ3v) is 4.05. The lowest BCUT2D eigenvalue weighted by atomic mass is 10.0. The van der Waals surface area contributed by atoms with Crippen LogP contribution >= 0.6 is 11.6 Å². The number of hydrogen-bond acceptors (Lipinski definition) is 3. The molecule has 0 bridgehead atoms. The van der Waals surface area contributed by atoms with Gasteiger partial charge in [0.2, 0.25) is 0 Å². The third kappa shape index (κ3) is 3.55. The molecule has 0 aliphatic rings. The van der Waals surface area contributed by atoms with Gasteiger partial charge in [-0.15, -0.1) is 0 Å². The fourth-order valence-electron chi connectivity index (χ4n) is 2.57. The van der Waals surface area contributed by atoms with Crippen molar-refractivity contribution in [1.29, 1.82) is 0 Å². The van der Waals surface area contributed by atoms with Crippen LogP contribution in [-0.4, -0.2) is 22.1 Å². The quantitative estimate of drug-likeness (QED) is 0.760. The summed E-state index contributed by atoms with van der Waals surface area (Å²) in [4.78, 5) is 16.9. The van der Waals surface area contributed by atoms with Gasteiger partial charge >= 0.3 is 0 Å². The summed E-state index contributed by atoms with van der Waals surface area (Å²) in [5.41, 5.74) is 1.78. The first-order valence-corrected chi connectivity index (χ1v) is 8.02. The lowest BCUT2D eigenvalue weighted by Gasteiger charge is -2.21. The summed E-state index contributed by atoms with van der Waals surface area (Å²) in [6, 6.07) is 17.7. The zero-order chi connectivity index (χ0) is 17.1. The summed E-state index contributed by atoms with van der Waals surface area (Å²) in [7, 11) is 0. The summed E-state index contributed by atoms with van der Waals surface area (Å²) in [5.74, 6) is -0.341. The average Bonchev–Trinajstić information content (AvgIpc) is 2.59. The largest absolute Gasteiger partial charge is 0.391 e. The van der Waals surface area contributed by atoms with E-state index in [4.69, 9.17) is 11.6 Å². The molecule has 122 valence electrons. The van der Waals surface area contributed by atoms with E-state index in [0.717, 1.165) is 10.9 Å². The maximum atomic E-state index is 12.5. The van der Waals surface area contributed by atoms with Crippen molar-refractivity contribution in [1.82, 2.24) is 10.3 Å². The molecule has 3 rings (SSSR count). The van der Waals surface area contributed by atoms with Crippen LogP contribution in [0.15, 0.2) is 60.7 Å². The fourth-order valence-corrected chi connectivity index (χ4v) is 2.74. The Morgan fingerprint density at radius 2 is 1.83 bits per heavy atom. The molecule has 0 saturated carbocycles. The number of aliphatic hydroxyl groups excluding tert-OH is 1. The van der Waals surface area contributed by atoms with E-state index in [2.05, 4.69) is 10.3 Å². The highest BCUT2D eigenvalue weighted by atomic mass is 35.5. The van der Waals surface area contributed by atoms with Gasteiger partial charge in [0, 0.05) is 10.4 Å². The summed E-state index contributed by atoms with van der Waals surface area (Å²) < 4.78 is 0. The minimum absolute atomic E-state index is 0.284. The molecule has 2 aromatic carbocycles. The molecule has 1 aromatic heterocycles. The standard InChI is InChI=1S/C19H17ClN2O2/c1-12(23)18(14-5-3-2-4-6-14)22-19(24)16-10-8-13-7-9-15(20)11-17(13)21-16/h2-12,18,23H,1H3,(H,22,24). The highest BCUT2D eigenvalue weighted by molar-refractivity contribution is 6.31. The molecule has 0 saturated heterocycles. The Morgan fingerprint density at radius 3 is 2.54 bits per heavy atom. The van der Waals surface area contributed by atoms with Crippen molar-refractivity contribution in [3.8, 4) is 0 Å². The Morgan fingerprint density at radius 1 is 1.12 bits per heavy atom. The first kappa shape index (κ1) is 16.4. The Hall–Kier alpha value is -2.43. The van der Waals surface area contributed by atoms with Gasteiger partial charge in [0.15, 0.2) is 0 Å². The Labute approximate surface area is 145 Å². The van der Waals surface area contributed by atoms with Crippen LogP contribution < -0.4 is 5.32 Å². The molecule has 2 atom stereocenters. The third-order valence-electron chi connectivity index (χ3n) is 3.81. The van der Waals surface area contributed by atoms with Crippen LogP contribution in [0.4, 0.5) is 0 Å². The molecule has 0 aliphatic carbocycles. The molecular formula is C19H17ClN2O2. The van der Waals surface area contributed by atoms with Gasteiger partial charge in [-0.25, -0.2) is 4.98 Å². The van der Waals surface area contributed by atoms with E-state index in [-0.39, 0.29) is 11.6 Å². The molecule has 3 aromatic rings. The van der Waals surface area contributed by atoms with Crippen molar-refractivity contribution in [3.63, 3.8) is 0 Å². The van der Waals surface area contributed by atoms with Crippen molar-refractivity contribution in [3.05, 3.63) is 76.9 Å². The van der Waals surface area contributed by atoms with E-state index in [9.17, 15) is 9.90 Å². The van der Waals surface area contributed by atoms with Crippen LogP contribution in [0.3, 0.4) is 0 Å². The van der Waals surface area contributed by atoms with Crippen molar-refractivity contribution in [2.45, 2.75) is 19.1 Å². The topological polar surface area (TPSA) is 62.2 Å². The Bertz CT molecular complexity index is 866. The van der Waals surface area contributed by atoms with Gasteiger partial charge < -0.3 is 10.4 Å². The fraction of sp³-hybridized carbons (Fsp3) is 0.158. The second-order valence-corrected chi connectivity index (χ2v) is 6.07. The van der Waals surface area contributed by atoms with E-state index in [1.807, 2.05) is 42.5 Å². The average molecular weight is 341 g/mol. The first-order chi connectivity index (χ1) is 11.5. The number of aliphatic hydroxyl groups is 1. The van der Waals surface area contributed by atoms with Crippen molar-refractivity contribution < 1.29 is 9.90 Å². The Balaban J connectivity index is 1.88. The number of nitrogens with zero attached hydrogens (tertiary/aromatic N) is 1. The normalized spacial score (nSPS) is 13.5. The molecule has 2 N–H and O–H groups in total. The zero-order valence-corrected chi connectivity index (χ0v) is 13.9. The number of benzene rings is 2. The molecule has 4 nitrogen and oxygen atoms in total. The monoisotopic (exact) mass is 340 g/mol. The number of hydrogen-bond donors (Lipinski definition) is 2. The number of carbonyl (C=O) groups is 1. The van der Waals surface area contributed by atoms with Crippen LogP contribution in [0.5, 0.6) is 0 Å². The van der Waals surface area contributed by atoms with Crippen LogP contribution in [0.1, 0.15) is 29.0 Å². The smallest absolute Gasteiger partial charge is 0.270 e. The van der Waals surface area contributed by atoms with E-state index < -0.39 is 12.1 Å². The number of aromatic nitrogens is 1. The van der Waals surface area contributed by atoms with Crippen LogP contribution in [0.25, 0.3) is 10.9 Å². The van der Waals surface area contributed by atoms with Gasteiger partial charge in [-0.1, -0.05) is 54.1 Å². The minimum Gasteiger partial charge on any atom is -0.391 e. The summed E-state index contributed by atoms with van der Waals surface area (Å²) >= 11 is 5.98. The van der Waals surface area contributed by atoms with Gasteiger partial charge in [0.1, 0.15) is 5.69 Å². The van der Waals surface area contributed by atoms with Gasteiger partial charge in [0.05, 0.1) is 17.7 Å². The summed E-state index contributed by atoms with van der Waals surface area (Å²) in [5, 5.41) is 14.3. The molecule has 2 unspecified atom stereocenters. The minimum atomic E-state index is -0.730. The predicted molar refractivity (Wildman–Crippen MR) is 95.1 cm³/mol. The Kier molecular flexibility index (Phi) is 4.79. The maximum absolute atomic E-state index is 12.5. The van der Waals surface area contributed by atoms with Crippen molar-refractivity contribution >= 4 is 28.4 Å². The van der Waals surface area contributed by atoms with Gasteiger partial charge in [0.25, 0.3) is 5.91 Å². The van der Waals surface area contributed by atoms with Crippen LogP contribution in [0.2, 0.25) is 5.02 Å². The lowest BCUT2D eigenvalue weighted by molar-refractivity contribution is 0.0854. The summed E-state index contributed by atoms with van der Waals surface area (Å²) in [6.07, 6.45) is -0.730. The van der Waals surface area contributed by atoms with Crippen molar-refractivity contribution in [2.75, 3.05) is 0 Å². The van der Waals surface area contributed by atoms with E-state index in [1.165, 1.54) is 0 Å². The van der Waals surface area contributed by atoms with E-state index in [1.54, 1.807) is 25.1 Å². The molecule has 1 amide bonds. The summed E-state index contributed by atoms with van der Waals surface area (Å²) in [6.45, 7) is 1.64. The second-order valence-electron chi connectivity index (χ2n) is 5.64. The number of halogens is 1. The first-order valence-electron chi connectivity index (χ1n) is 7.65. The second kappa shape index (κ2) is 6.99. The highest BCUT2D eigenvalue weighted by Gasteiger charge is 2.21. The number of amides is 1. The molecule has 0 aliphatic heterocycles. The SMILES string of the molecule is CC(O)C(NC(=O)c1ccc2ccc(Cl)cc2n1)c1ccccc1. The molecule has 0 radical (unpaired) electrons. The van der Waals surface area contributed by atoms with Crippen molar-refractivity contribution in [2.24, 2.45) is 0 Å². The molecule has 1 heterocycles. The van der Waals surface area contributed by atoms with Gasteiger partial charge in [-0.3, -0.25) is 4.79 Å².